The van der Waals surface area contributed by atoms with E-state index in [9.17, 15) is 0 Å². The van der Waals surface area contributed by atoms with Gasteiger partial charge >= 0.3 is 68.9 Å². The molecule has 0 bridgehead atoms. The van der Waals surface area contributed by atoms with E-state index in [4.69, 9.17) is 15.1 Å². The monoisotopic (exact) mass is 222 g/mol. The zero-order valence-electron chi connectivity index (χ0n) is 6.38. The third-order valence-electron chi connectivity index (χ3n) is 1.69. The molecule has 0 aromatic heterocycles. The zero-order valence-corrected chi connectivity index (χ0v) is 8.47. The standard InChI is InChI=1S/C6H12GeO4/c1-3-8-7(9-4-1)10-5-2-6-11-7/h1-6H2. The van der Waals surface area contributed by atoms with Gasteiger partial charge in [-0.05, 0) is 0 Å². The van der Waals surface area contributed by atoms with Crippen LogP contribution in [-0.4, -0.2) is 41.0 Å². The summed E-state index contributed by atoms with van der Waals surface area (Å²) < 4.78 is 21.7. The van der Waals surface area contributed by atoms with Gasteiger partial charge in [0.25, 0.3) is 0 Å². The molecule has 2 aliphatic rings. The van der Waals surface area contributed by atoms with E-state index in [1.807, 2.05) is 0 Å². The van der Waals surface area contributed by atoms with Crippen LogP contribution < -0.4 is 0 Å². The Labute approximate surface area is 69.5 Å². The Balaban J connectivity index is 1.94. The minimum absolute atomic E-state index is 0.736. The summed E-state index contributed by atoms with van der Waals surface area (Å²) in [6.07, 6.45) is 1.92. The minimum atomic E-state index is -3.07. The van der Waals surface area contributed by atoms with Crippen molar-refractivity contribution in [3.8, 4) is 0 Å². The Morgan fingerprint density at radius 1 is 0.636 bits per heavy atom. The van der Waals surface area contributed by atoms with Gasteiger partial charge in [-0.3, -0.25) is 0 Å². The molecule has 4 nitrogen and oxygen atoms in total. The second-order valence-corrected chi connectivity index (χ2v) is 7.12. The van der Waals surface area contributed by atoms with E-state index in [1.54, 1.807) is 0 Å². The first kappa shape index (κ1) is 8.00. The Morgan fingerprint density at radius 2 is 1.00 bits per heavy atom. The summed E-state index contributed by atoms with van der Waals surface area (Å²) in [4.78, 5) is 0. The van der Waals surface area contributed by atoms with Crippen LogP contribution in [0.5, 0.6) is 0 Å². The van der Waals surface area contributed by atoms with Crippen molar-refractivity contribution in [2.75, 3.05) is 26.4 Å². The van der Waals surface area contributed by atoms with Gasteiger partial charge in [0.15, 0.2) is 0 Å². The Bertz CT molecular complexity index is 109. The third kappa shape index (κ3) is 1.76. The van der Waals surface area contributed by atoms with Gasteiger partial charge in [0.05, 0.1) is 0 Å². The van der Waals surface area contributed by atoms with Crippen molar-refractivity contribution in [2.24, 2.45) is 0 Å². The van der Waals surface area contributed by atoms with Gasteiger partial charge in [-0.2, -0.15) is 0 Å². The molecule has 0 radical (unpaired) electrons. The molecule has 0 aromatic carbocycles. The van der Waals surface area contributed by atoms with Crippen molar-refractivity contribution in [2.45, 2.75) is 12.8 Å². The van der Waals surface area contributed by atoms with Crippen LogP contribution >= 0.6 is 0 Å². The van der Waals surface area contributed by atoms with E-state index >= 15 is 0 Å². The molecular weight excluding hydrogens is 209 g/mol. The van der Waals surface area contributed by atoms with Crippen LogP contribution in [0, 0.1) is 0 Å². The molecule has 64 valence electrons. The normalized spacial score (nSPS) is 30.5. The van der Waals surface area contributed by atoms with E-state index < -0.39 is 14.6 Å². The molecule has 5 heteroatoms. The molecule has 0 unspecified atom stereocenters. The van der Waals surface area contributed by atoms with Gasteiger partial charge in [0.2, 0.25) is 0 Å². The SMILES string of the molecule is C1C[O][Ge]2([O]C1)[O]CCC[O]2. The van der Waals surface area contributed by atoms with Crippen LogP contribution in [0.3, 0.4) is 0 Å². The summed E-state index contributed by atoms with van der Waals surface area (Å²) in [6.45, 7) is 2.94. The van der Waals surface area contributed by atoms with Gasteiger partial charge in [-0.25, -0.2) is 0 Å². The molecule has 11 heavy (non-hydrogen) atoms. The van der Waals surface area contributed by atoms with Crippen LogP contribution in [0.25, 0.3) is 0 Å². The van der Waals surface area contributed by atoms with Crippen molar-refractivity contribution >= 4 is 14.6 Å². The van der Waals surface area contributed by atoms with Crippen molar-refractivity contribution < 1.29 is 15.1 Å². The Kier molecular flexibility index (Phi) is 2.48. The second kappa shape index (κ2) is 3.41. The van der Waals surface area contributed by atoms with Crippen LogP contribution in [0.2, 0.25) is 0 Å². The van der Waals surface area contributed by atoms with Crippen molar-refractivity contribution in [3.63, 3.8) is 0 Å². The molecule has 0 aromatic rings. The first-order valence-electron chi connectivity index (χ1n) is 3.97. The molecule has 0 amide bonds. The van der Waals surface area contributed by atoms with Crippen LogP contribution in [0.4, 0.5) is 0 Å². The summed E-state index contributed by atoms with van der Waals surface area (Å²) in [5, 5.41) is 0. The van der Waals surface area contributed by atoms with E-state index in [0.717, 1.165) is 39.3 Å². The van der Waals surface area contributed by atoms with E-state index in [1.165, 1.54) is 0 Å². The molecule has 2 fully saturated rings. The molecule has 2 aliphatic heterocycles. The van der Waals surface area contributed by atoms with Crippen molar-refractivity contribution in [1.29, 1.82) is 0 Å². The summed E-state index contributed by atoms with van der Waals surface area (Å²) in [5.41, 5.74) is 0. The Hall–Kier alpha value is 0.383. The average Bonchev–Trinajstić information content (AvgIpc) is 2.07. The second-order valence-electron chi connectivity index (χ2n) is 2.60. The number of hydrogen-bond donors (Lipinski definition) is 0. The van der Waals surface area contributed by atoms with Gasteiger partial charge in [-0.15, -0.1) is 0 Å². The molecule has 0 atom stereocenters. The van der Waals surface area contributed by atoms with E-state index in [-0.39, 0.29) is 0 Å². The third-order valence-corrected chi connectivity index (χ3v) is 6.37. The summed E-state index contributed by atoms with van der Waals surface area (Å²) >= 11 is -3.07. The number of rotatable bonds is 0. The van der Waals surface area contributed by atoms with Gasteiger partial charge in [-0.1, -0.05) is 0 Å². The molecule has 2 heterocycles. The predicted octanol–water partition coefficient (Wildman–Crippen LogP) is 0.296. The molecular formula is C6H12GeO4. The maximum atomic E-state index is 5.43. The quantitative estimate of drug-likeness (QED) is 0.551. The predicted molar refractivity (Wildman–Crippen MR) is 38.8 cm³/mol. The van der Waals surface area contributed by atoms with Crippen LogP contribution in [-0.2, 0) is 15.1 Å². The molecule has 0 aliphatic carbocycles. The van der Waals surface area contributed by atoms with Crippen molar-refractivity contribution in [3.05, 3.63) is 0 Å². The van der Waals surface area contributed by atoms with E-state index in [0.29, 0.717) is 0 Å². The molecule has 0 N–H and O–H groups in total. The fourth-order valence-electron chi connectivity index (χ4n) is 1.16. The Morgan fingerprint density at radius 3 is 1.36 bits per heavy atom. The van der Waals surface area contributed by atoms with E-state index in [2.05, 4.69) is 0 Å². The van der Waals surface area contributed by atoms with Crippen LogP contribution in [0.15, 0.2) is 0 Å². The van der Waals surface area contributed by atoms with Gasteiger partial charge < -0.3 is 0 Å². The fourth-order valence-corrected chi connectivity index (χ4v) is 5.51. The topological polar surface area (TPSA) is 36.9 Å². The van der Waals surface area contributed by atoms with Gasteiger partial charge in [0.1, 0.15) is 0 Å². The fraction of sp³-hybridized carbons (Fsp3) is 1.00. The van der Waals surface area contributed by atoms with Crippen molar-refractivity contribution in [1.82, 2.24) is 0 Å². The molecule has 2 rings (SSSR count). The summed E-state index contributed by atoms with van der Waals surface area (Å²) in [5.74, 6) is 0. The average molecular weight is 221 g/mol. The van der Waals surface area contributed by atoms with Crippen LogP contribution in [0.1, 0.15) is 12.8 Å². The summed E-state index contributed by atoms with van der Waals surface area (Å²) in [6, 6.07) is 0. The first-order valence-corrected chi connectivity index (χ1v) is 7.40. The zero-order chi connectivity index (χ0) is 7.57. The maximum absolute atomic E-state index is 5.43. The van der Waals surface area contributed by atoms with Gasteiger partial charge in [0, 0.05) is 0 Å². The number of hydrogen-bond acceptors (Lipinski definition) is 4. The summed E-state index contributed by atoms with van der Waals surface area (Å²) in [7, 11) is 0. The first-order chi connectivity index (χ1) is 5.41. The molecule has 1 spiro atoms. The molecule has 2 saturated heterocycles. The molecule has 0 saturated carbocycles.